The molecule has 0 bridgehead atoms. The van der Waals surface area contributed by atoms with Crippen LogP contribution in [-0.2, 0) is 0 Å². The lowest BCUT2D eigenvalue weighted by atomic mass is 10.2. The van der Waals surface area contributed by atoms with Gasteiger partial charge in [-0.3, -0.25) is 0 Å². The van der Waals surface area contributed by atoms with E-state index in [9.17, 15) is 0 Å². The van der Waals surface area contributed by atoms with Crippen molar-refractivity contribution in [2.24, 2.45) is 0 Å². The molecule has 0 fully saturated rings. The molecule has 0 aliphatic rings. The van der Waals surface area contributed by atoms with E-state index in [2.05, 4.69) is 22.1 Å². The predicted molar refractivity (Wildman–Crippen MR) is 100 cm³/mol. The predicted octanol–water partition coefficient (Wildman–Crippen LogP) is 4.02. The molecule has 25 heavy (non-hydrogen) atoms. The molecule has 128 valence electrons. The Morgan fingerprint density at radius 2 is 1.76 bits per heavy atom. The first-order valence-electron chi connectivity index (χ1n) is 7.98. The van der Waals surface area contributed by atoms with Gasteiger partial charge in [-0.2, -0.15) is 5.10 Å². The maximum Gasteiger partial charge on any atom is 0.245 e. The number of rotatable bonds is 6. The number of benzene rings is 2. The summed E-state index contributed by atoms with van der Waals surface area (Å²) in [6.07, 6.45) is 1.64. The van der Waals surface area contributed by atoms with Gasteiger partial charge in [-0.25, -0.2) is 4.98 Å². The number of hydrogen-bond donors (Lipinski definition) is 0. The van der Waals surface area contributed by atoms with E-state index in [-0.39, 0.29) is 0 Å². The van der Waals surface area contributed by atoms with Crippen LogP contribution in [0, 0.1) is 6.92 Å². The third-order valence-corrected chi connectivity index (χ3v) is 4.00. The molecule has 6 heteroatoms. The molecule has 0 atom stereocenters. The van der Waals surface area contributed by atoms with Crippen molar-refractivity contribution in [2.75, 3.05) is 25.1 Å². The number of ether oxygens (including phenoxy) is 1. The molecule has 3 rings (SSSR count). The van der Waals surface area contributed by atoms with Crippen LogP contribution in [-0.4, -0.2) is 35.4 Å². The van der Waals surface area contributed by atoms with Gasteiger partial charge in [-0.15, -0.1) is 5.10 Å². The number of halogens is 1. The molecule has 5 nitrogen and oxygen atoms in total. The van der Waals surface area contributed by atoms with Crippen molar-refractivity contribution in [3.8, 4) is 17.0 Å². The standard InChI is InChI=1S/C19H19ClN4O/c1-14-3-9-17(10-4-14)25-12-11-24(2)19-22-18(13-21-23-19)15-5-7-16(20)8-6-15/h3-10,13H,11-12H2,1-2H3. The van der Waals surface area contributed by atoms with Crippen molar-refractivity contribution < 1.29 is 4.74 Å². The Balaban J connectivity index is 1.62. The van der Waals surface area contributed by atoms with E-state index in [0.717, 1.165) is 17.0 Å². The van der Waals surface area contributed by atoms with Gasteiger partial charge in [0.15, 0.2) is 0 Å². The topological polar surface area (TPSA) is 51.1 Å². The minimum atomic E-state index is 0.536. The fourth-order valence-corrected chi connectivity index (χ4v) is 2.38. The van der Waals surface area contributed by atoms with Gasteiger partial charge >= 0.3 is 0 Å². The van der Waals surface area contributed by atoms with Crippen LogP contribution in [0.3, 0.4) is 0 Å². The summed E-state index contributed by atoms with van der Waals surface area (Å²) in [6.45, 7) is 3.24. The third-order valence-electron chi connectivity index (χ3n) is 3.75. The largest absolute Gasteiger partial charge is 0.492 e. The van der Waals surface area contributed by atoms with Gasteiger partial charge in [-0.05, 0) is 31.2 Å². The molecule has 0 aliphatic carbocycles. The Morgan fingerprint density at radius 3 is 2.48 bits per heavy atom. The fourth-order valence-electron chi connectivity index (χ4n) is 2.25. The van der Waals surface area contributed by atoms with E-state index < -0.39 is 0 Å². The van der Waals surface area contributed by atoms with Gasteiger partial charge in [0, 0.05) is 17.6 Å². The summed E-state index contributed by atoms with van der Waals surface area (Å²) < 4.78 is 5.75. The molecule has 0 radical (unpaired) electrons. The Morgan fingerprint density at radius 1 is 1.04 bits per heavy atom. The summed E-state index contributed by atoms with van der Waals surface area (Å²) in [4.78, 5) is 6.48. The van der Waals surface area contributed by atoms with Crippen LogP contribution in [0.25, 0.3) is 11.3 Å². The van der Waals surface area contributed by atoms with Crippen LogP contribution in [0.5, 0.6) is 5.75 Å². The van der Waals surface area contributed by atoms with Crippen LogP contribution >= 0.6 is 11.6 Å². The number of aromatic nitrogens is 3. The molecule has 0 N–H and O–H groups in total. The normalized spacial score (nSPS) is 10.5. The quantitative estimate of drug-likeness (QED) is 0.669. The number of nitrogens with zero attached hydrogens (tertiary/aromatic N) is 4. The van der Waals surface area contributed by atoms with Crippen LogP contribution in [0.2, 0.25) is 5.02 Å². The molecule has 0 aliphatic heterocycles. The number of anilines is 1. The van der Waals surface area contributed by atoms with Gasteiger partial charge in [0.05, 0.1) is 18.4 Å². The third kappa shape index (κ3) is 4.67. The zero-order chi connectivity index (χ0) is 17.6. The monoisotopic (exact) mass is 354 g/mol. The zero-order valence-corrected chi connectivity index (χ0v) is 14.9. The first-order chi connectivity index (χ1) is 12.1. The van der Waals surface area contributed by atoms with Crippen molar-refractivity contribution in [3.63, 3.8) is 0 Å². The molecule has 0 saturated carbocycles. The van der Waals surface area contributed by atoms with E-state index in [1.807, 2.05) is 60.5 Å². The maximum absolute atomic E-state index is 5.93. The number of hydrogen-bond acceptors (Lipinski definition) is 5. The summed E-state index contributed by atoms with van der Waals surface area (Å²) in [5, 5.41) is 8.85. The van der Waals surface area contributed by atoms with Gasteiger partial charge in [0.1, 0.15) is 12.4 Å². The Kier molecular flexibility index (Phi) is 5.46. The molecular weight excluding hydrogens is 336 g/mol. The smallest absolute Gasteiger partial charge is 0.245 e. The highest BCUT2D eigenvalue weighted by atomic mass is 35.5. The summed E-state index contributed by atoms with van der Waals surface area (Å²) in [6, 6.07) is 15.5. The van der Waals surface area contributed by atoms with Crippen molar-refractivity contribution >= 4 is 17.5 Å². The molecule has 1 aromatic heterocycles. The highest BCUT2D eigenvalue weighted by Gasteiger charge is 2.08. The fraction of sp³-hybridized carbons (Fsp3) is 0.211. The summed E-state index contributed by atoms with van der Waals surface area (Å²) in [7, 11) is 1.92. The molecular formula is C19H19ClN4O. The van der Waals surface area contributed by atoms with Crippen molar-refractivity contribution in [1.29, 1.82) is 0 Å². The minimum absolute atomic E-state index is 0.536. The Bertz CT molecular complexity index is 822. The molecule has 0 amide bonds. The zero-order valence-electron chi connectivity index (χ0n) is 14.2. The van der Waals surface area contributed by atoms with E-state index in [1.165, 1.54) is 5.56 Å². The van der Waals surface area contributed by atoms with Crippen LogP contribution in [0.4, 0.5) is 5.95 Å². The maximum atomic E-state index is 5.93. The molecule has 0 unspecified atom stereocenters. The van der Waals surface area contributed by atoms with E-state index in [0.29, 0.717) is 24.1 Å². The number of aryl methyl sites for hydroxylation is 1. The first-order valence-corrected chi connectivity index (χ1v) is 8.36. The summed E-state index contributed by atoms with van der Waals surface area (Å²) in [5.74, 6) is 1.41. The second kappa shape index (κ2) is 7.94. The van der Waals surface area contributed by atoms with Gasteiger partial charge in [0.25, 0.3) is 0 Å². The Labute approximate surface area is 152 Å². The highest BCUT2D eigenvalue weighted by molar-refractivity contribution is 6.30. The lowest BCUT2D eigenvalue weighted by molar-refractivity contribution is 0.325. The van der Waals surface area contributed by atoms with Crippen LogP contribution in [0.15, 0.2) is 54.7 Å². The molecule has 3 aromatic rings. The van der Waals surface area contributed by atoms with Crippen molar-refractivity contribution in [3.05, 3.63) is 65.3 Å². The summed E-state index contributed by atoms with van der Waals surface area (Å²) >= 11 is 5.93. The lowest BCUT2D eigenvalue weighted by Crippen LogP contribution is -2.26. The highest BCUT2D eigenvalue weighted by Crippen LogP contribution is 2.20. The second-order valence-corrected chi connectivity index (χ2v) is 6.17. The van der Waals surface area contributed by atoms with Gasteiger partial charge < -0.3 is 9.64 Å². The molecule has 1 heterocycles. The van der Waals surface area contributed by atoms with Crippen molar-refractivity contribution in [1.82, 2.24) is 15.2 Å². The average molecular weight is 355 g/mol. The van der Waals surface area contributed by atoms with Crippen LogP contribution < -0.4 is 9.64 Å². The molecule has 2 aromatic carbocycles. The Hall–Kier alpha value is -2.66. The van der Waals surface area contributed by atoms with E-state index in [4.69, 9.17) is 16.3 Å². The minimum Gasteiger partial charge on any atom is -0.492 e. The van der Waals surface area contributed by atoms with E-state index in [1.54, 1.807) is 6.20 Å². The average Bonchev–Trinajstić information content (AvgIpc) is 2.64. The van der Waals surface area contributed by atoms with E-state index >= 15 is 0 Å². The SMILES string of the molecule is Cc1ccc(OCCN(C)c2nncc(-c3ccc(Cl)cc3)n2)cc1. The number of likely N-dealkylation sites (N-methyl/N-ethyl adjacent to an activating group) is 1. The van der Waals surface area contributed by atoms with Gasteiger partial charge in [0.2, 0.25) is 5.95 Å². The lowest BCUT2D eigenvalue weighted by Gasteiger charge is -2.17. The molecule has 0 saturated heterocycles. The van der Waals surface area contributed by atoms with Crippen LogP contribution in [0.1, 0.15) is 5.56 Å². The molecule has 0 spiro atoms. The first kappa shape index (κ1) is 17.2. The summed E-state index contributed by atoms with van der Waals surface area (Å²) in [5.41, 5.74) is 2.92. The van der Waals surface area contributed by atoms with Gasteiger partial charge in [-0.1, -0.05) is 41.4 Å². The second-order valence-electron chi connectivity index (χ2n) is 5.73. The van der Waals surface area contributed by atoms with Crippen molar-refractivity contribution in [2.45, 2.75) is 6.92 Å².